The van der Waals surface area contributed by atoms with Gasteiger partial charge in [0.2, 0.25) is 17.8 Å². The summed E-state index contributed by atoms with van der Waals surface area (Å²) < 4.78 is 17.9. The zero-order chi connectivity index (χ0) is 42.1. The second-order valence-electron chi connectivity index (χ2n) is 17.8. The van der Waals surface area contributed by atoms with Crippen LogP contribution in [-0.2, 0) is 9.59 Å². The van der Waals surface area contributed by atoms with E-state index in [1.54, 1.807) is 25.2 Å². The maximum atomic E-state index is 15.8. The molecule has 5 amide bonds. The average molecular weight is 832 g/mol. The fourth-order valence-corrected chi connectivity index (χ4v) is 10.6. The molecular weight excluding hydrogens is 782 g/mol. The third-order valence-corrected chi connectivity index (χ3v) is 13.8. The van der Waals surface area contributed by atoms with Gasteiger partial charge >= 0.3 is 0 Å². The standard InChI is InChI=1S/C44H50FN11O5/c1-51(2)43(61)36-17-26-20-47-44(50-39(26)55(36)27-5-3-4-6-27)48-37-11-9-28(21-46-37)52-15-13-25(14-16-52)22-53-23-30-8-7-29(53)24-54(30)35-19-32-31(18-33(35)45)41(59)56(42(32)60)34-10-12-38(57)49-40(34)58/h9,11,17-21,25,27,29-30,34H,3-8,10,12-16,22-24H2,1-2H3,(H,49,57,58)(H,46,47,48,50). The molecule has 318 valence electrons. The number of imide groups is 2. The monoisotopic (exact) mass is 831 g/mol. The van der Waals surface area contributed by atoms with Crippen molar-refractivity contribution < 1.29 is 28.4 Å². The Balaban J connectivity index is 0.747. The van der Waals surface area contributed by atoms with E-state index in [0.29, 0.717) is 35.6 Å². The van der Waals surface area contributed by atoms with Gasteiger partial charge in [-0.2, -0.15) is 4.98 Å². The lowest BCUT2D eigenvalue weighted by Crippen LogP contribution is -2.63. The Labute approximate surface area is 352 Å². The number of hydrogen-bond acceptors (Lipinski definition) is 12. The summed E-state index contributed by atoms with van der Waals surface area (Å²) in [5, 5.41) is 6.32. The van der Waals surface area contributed by atoms with E-state index in [0.717, 1.165) is 105 Å². The van der Waals surface area contributed by atoms with E-state index < -0.39 is 35.5 Å². The molecular formula is C44H50FN11O5. The number of hydrogen-bond donors (Lipinski definition) is 2. The Morgan fingerprint density at radius 2 is 1.62 bits per heavy atom. The number of nitrogens with one attached hydrogen (secondary N) is 2. The summed E-state index contributed by atoms with van der Waals surface area (Å²) in [6.07, 6.45) is 12.1. The molecule has 6 fully saturated rings. The van der Waals surface area contributed by atoms with Gasteiger partial charge < -0.3 is 24.6 Å². The van der Waals surface area contributed by atoms with Crippen molar-refractivity contribution in [2.45, 2.75) is 88.4 Å². The minimum atomic E-state index is -1.09. The normalized spacial score (nSPS) is 23.7. The number of rotatable bonds is 9. The Bertz CT molecular complexity index is 2440. The van der Waals surface area contributed by atoms with Crippen molar-refractivity contribution in [3.05, 3.63) is 65.4 Å². The molecule has 0 spiro atoms. The van der Waals surface area contributed by atoms with Gasteiger partial charge in [-0.3, -0.25) is 39.1 Å². The molecule has 0 radical (unpaired) electrons. The fraction of sp³-hybridized carbons (Fsp3) is 0.500. The van der Waals surface area contributed by atoms with Crippen LogP contribution in [0.3, 0.4) is 0 Å². The van der Waals surface area contributed by atoms with Crippen LogP contribution in [-0.4, -0.2) is 129 Å². The molecule has 3 atom stereocenters. The molecule has 7 aliphatic rings. The lowest BCUT2D eigenvalue weighted by molar-refractivity contribution is -0.136. The SMILES string of the molecule is CN(C)C(=O)c1cc2cnc(Nc3ccc(N4CCC(CN5CC6CCC5CN6c5cc6c(cc5F)C(=O)N(C5CCC(=O)NC5=O)C6=O)CC4)cn3)nc2n1C1CCCC1. The topological polar surface area (TPSA) is 169 Å². The summed E-state index contributed by atoms with van der Waals surface area (Å²) in [6, 6.07) is 8.03. The third kappa shape index (κ3) is 7.05. The lowest BCUT2D eigenvalue weighted by Gasteiger charge is -2.53. The molecule has 3 aromatic heterocycles. The molecule has 2 bridgehead atoms. The van der Waals surface area contributed by atoms with Gasteiger partial charge in [0.15, 0.2) is 0 Å². The summed E-state index contributed by atoms with van der Waals surface area (Å²) in [5.74, 6) is -1.45. The number of pyridine rings is 1. The Hall–Kier alpha value is -5.97. The highest BCUT2D eigenvalue weighted by Gasteiger charge is 2.47. The smallest absolute Gasteiger partial charge is 0.270 e. The fourth-order valence-electron chi connectivity index (χ4n) is 10.6. The predicted molar refractivity (Wildman–Crippen MR) is 224 cm³/mol. The summed E-state index contributed by atoms with van der Waals surface area (Å²) in [4.78, 5) is 87.7. The molecule has 61 heavy (non-hydrogen) atoms. The van der Waals surface area contributed by atoms with Crippen LogP contribution in [0.2, 0.25) is 0 Å². The second-order valence-corrected chi connectivity index (χ2v) is 17.8. The van der Waals surface area contributed by atoms with Crippen molar-refractivity contribution in [1.29, 1.82) is 0 Å². The number of carbonyl (C=O) groups excluding carboxylic acids is 5. The van der Waals surface area contributed by atoms with Crippen molar-refractivity contribution >= 4 is 63.7 Å². The number of nitrogens with zero attached hydrogens (tertiary/aromatic N) is 9. The molecule has 2 N–H and O–H groups in total. The molecule has 4 aromatic rings. The highest BCUT2D eigenvalue weighted by Crippen LogP contribution is 2.39. The van der Waals surface area contributed by atoms with Gasteiger partial charge in [0.1, 0.15) is 29.0 Å². The van der Waals surface area contributed by atoms with E-state index in [9.17, 15) is 24.0 Å². The summed E-state index contributed by atoms with van der Waals surface area (Å²) in [6.45, 7) is 4.25. The molecule has 17 heteroatoms. The van der Waals surface area contributed by atoms with E-state index in [1.807, 2.05) is 18.3 Å². The first kappa shape index (κ1) is 39.2. The number of piperazine rings is 1. The van der Waals surface area contributed by atoms with Crippen LogP contribution < -0.4 is 20.4 Å². The predicted octanol–water partition coefficient (Wildman–Crippen LogP) is 4.50. The number of carbonyl (C=O) groups is 5. The van der Waals surface area contributed by atoms with Crippen LogP contribution in [0.1, 0.15) is 101 Å². The molecule has 6 aliphatic heterocycles. The van der Waals surface area contributed by atoms with Crippen LogP contribution in [0.25, 0.3) is 11.0 Å². The van der Waals surface area contributed by atoms with Crippen molar-refractivity contribution in [3.63, 3.8) is 0 Å². The van der Waals surface area contributed by atoms with Gasteiger partial charge in [0.25, 0.3) is 17.7 Å². The highest BCUT2D eigenvalue weighted by atomic mass is 19.1. The van der Waals surface area contributed by atoms with Gasteiger partial charge in [0, 0.05) is 82.9 Å². The van der Waals surface area contributed by atoms with Gasteiger partial charge in [-0.25, -0.2) is 14.4 Å². The number of amides is 5. The molecule has 1 saturated carbocycles. The second kappa shape index (κ2) is 15.5. The van der Waals surface area contributed by atoms with Crippen LogP contribution in [0.5, 0.6) is 0 Å². The zero-order valence-electron chi connectivity index (χ0n) is 34.5. The van der Waals surface area contributed by atoms with Crippen LogP contribution >= 0.6 is 0 Å². The van der Waals surface area contributed by atoms with E-state index in [-0.39, 0.29) is 48.0 Å². The number of halogens is 1. The van der Waals surface area contributed by atoms with E-state index in [1.165, 1.54) is 6.07 Å². The van der Waals surface area contributed by atoms with Crippen molar-refractivity contribution in [3.8, 4) is 0 Å². The number of aromatic nitrogens is 4. The van der Waals surface area contributed by atoms with Crippen LogP contribution in [0, 0.1) is 11.7 Å². The van der Waals surface area contributed by atoms with Crippen LogP contribution in [0.4, 0.5) is 27.5 Å². The molecule has 11 rings (SSSR count). The maximum Gasteiger partial charge on any atom is 0.270 e. The zero-order valence-corrected chi connectivity index (χ0v) is 34.5. The molecule has 1 aliphatic carbocycles. The quantitative estimate of drug-likeness (QED) is 0.227. The molecule has 5 saturated heterocycles. The summed E-state index contributed by atoms with van der Waals surface area (Å²) in [5.41, 5.74) is 2.84. The first-order valence-corrected chi connectivity index (χ1v) is 21.6. The van der Waals surface area contributed by atoms with Crippen molar-refractivity contribution in [2.24, 2.45) is 5.92 Å². The number of piperidine rings is 4. The summed E-state index contributed by atoms with van der Waals surface area (Å²) >= 11 is 0. The van der Waals surface area contributed by atoms with Gasteiger partial charge in [-0.05, 0) is 81.2 Å². The first-order chi connectivity index (χ1) is 29.5. The molecule has 9 heterocycles. The Kier molecular flexibility index (Phi) is 9.95. The number of anilines is 4. The van der Waals surface area contributed by atoms with Gasteiger partial charge in [-0.15, -0.1) is 0 Å². The van der Waals surface area contributed by atoms with E-state index in [2.05, 4.69) is 41.0 Å². The lowest BCUT2D eigenvalue weighted by atomic mass is 9.87. The largest absolute Gasteiger partial charge is 0.370 e. The number of fused-ring (bicyclic) bond motifs is 5. The van der Waals surface area contributed by atoms with Gasteiger partial charge in [-0.1, -0.05) is 12.8 Å². The minimum Gasteiger partial charge on any atom is -0.370 e. The third-order valence-electron chi connectivity index (χ3n) is 13.8. The maximum absolute atomic E-state index is 15.8. The van der Waals surface area contributed by atoms with E-state index >= 15 is 4.39 Å². The van der Waals surface area contributed by atoms with Crippen molar-refractivity contribution in [2.75, 3.05) is 61.9 Å². The molecule has 1 aromatic carbocycles. The van der Waals surface area contributed by atoms with Gasteiger partial charge in [0.05, 0.1) is 28.7 Å². The number of benzene rings is 1. The Morgan fingerprint density at radius 1 is 0.869 bits per heavy atom. The highest BCUT2D eigenvalue weighted by molar-refractivity contribution is 6.23. The minimum absolute atomic E-state index is 0.0240. The summed E-state index contributed by atoms with van der Waals surface area (Å²) in [7, 11) is 3.54. The first-order valence-electron chi connectivity index (χ1n) is 21.6. The molecule has 3 unspecified atom stereocenters. The van der Waals surface area contributed by atoms with Crippen LogP contribution in [0.15, 0.2) is 42.7 Å². The van der Waals surface area contributed by atoms with Crippen molar-refractivity contribution in [1.82, 2.24) is 39.5 Å². The average Bonchev–Trinajstić information content (AvgIpc) is 3.98. The Morgan fingerprint density at radius 3 is 2.31 bits per heavy atom. The molecule has 16 nitrogen and oxygen atoms in total. The van der Waals surface area contributed by atoms with E-state index in [4.69, 9.17) is 9.97 Å².